The molecule has 0 aromatic heterocycles. The van der Waals surface area contributed by atoms with Crippen molar-refractivity contribution < 1.29 is 9.53 Å². The molecular weight excluding hydrogens is 306 g/mol. The lowest BCUT2D eigenvalue weighted by molar-refractivity contribution is -0.144. The molecule has 0 spiro atoms. The number of carbonyl (C=O) groups excluding carboxylic acids is 1. The number of aryl methyl sites for hydroxylation is 1. The van der Waals surface area contributed by atoms with Gasteiger partial charge in [0.25, 0.3) is 0 Å². The molecule has 0 aliphatic heterocycles. The van der Waals surface area contributed by atoms with Crippen LogP contribution in [0, 0.1) is 5.92 Å². The van der Waals surface area contributed by atoms with Crippen LogP contribution in [0.1, 0.15) is 37.4 Å². The molecule has 1 aromatic rings. The van der Waals surface area contributed by atoms with Gasteiger partial charge in [-0.05, 0) is 42.0 Å². The van der Waals surface area contributed by atoms with Gasteiger partial charge in [-0.1, -0.05) is 35.8 Å². The van der Waals surface area contributed by atoms with Gasteiger partial charge in [0.2, 0.25) is 0 Å². The van der Waals surface area contributed by atoms with E-state index in [1.165, 1.54) is 18.2 Å². The van der Waals surface area contributed by atoms with Gasteiger partial charge < -0.3 is 4.74 Å². The molecule has 4 heteroatoms. The van der Waals surface area contributed by atoms with Gasteiger partial charge in [-0.25, -0.2) is 0 Å². The Morgan fingerprint density at radius 3 is 2.84 bits per heavy atom. The molecule has 104 valence electrons. The largest absolute Gasteiger partial charge is 0.468 e. The first kappa shape index (κ1) is 14.5. The Morgan fingerprint density at radius 1 is 1.47 bits per heavy atom. The Morgan fingerprint density at radius 2 is 2.21 bits per heavy atom. The smallest absolute Gasteiger partial charge is 0.323 e. The van der Waals surface area contributed by atoms with E-state index in [2.05, 4.69) is 39.4 Å². The van der Waals surface area contributed by atoms with Crippen LogP contribution in [0.2, 0.25) is 0 Å². The van der Waals surface area contributed by atoms with Crippen LogP contribution in [-0.4, -0.2) is 19.1 Å². The fourth-order valence-corrected chi connectivity index (χ4v) is 3.04. The molecule has 2 rings (SSSR count). The molecule has 0 amide bonds. The van der Waals surface area contributed by atoms with Gasteiger partial charge in [-0.15, -0.1) is 0 Å². The van der Waals surface area contributed by atoms with Crippen LogP contribution < -0.4 is 5.32 Å². The highest BCUT2D eigenvalue weighted by molar-refractivity contribution is 9.10. The molecule has 3 nitrogen and oxygen atoms in total. The van der Waals surface area contributed by atoms with Gasteiger partial charge >= 0.3 is 5.97 Å². The number of rotatable bonds is 4. The second-order valence-corrected chi connectivity index (χ2v) is 6.26. The Labute approximate surface area is 122 Å². The summed E-state index contributed by atoms with van der Waals surface area (Å²) in [5.74, 6) is 0.0347. The standard InChI is InChI=1S/C15H20BrNO2/c1-9(2)14(15(18)19-3)17-13-7-4-10-8-11(16)5-6-12(10)13/h5-6,8-9,13-14,17H,4,7H2,1-3H3/t13?,14-/m0/s1. The van der Waals surface area contributed by atoms with Gasteiger partial charge in [-0.3, -0.25) is 10.1 Å². The second kappa shape index (κ2) is 6.06. The number of esters is 1. The molecule has 1 N–H and O–H groups in total. The first-order valence-electron chi connectivity index (χ1n) is 6.65. The van der Waals surface area contributed by atoms with E-state index in [0.717, 1.165) is 17.3 Å². The number of ether oxygens (including phenoxy) is 1. The summed E-state index contributed by atoms with van der Waals surface area (Å²) >= 11 is 3.50. The molecule has 0 saturated heterocycles. The minimum Gasteiger partial charge on any atom is -0.468 e. The quantitative estimate of drug-likeness (QED) is 0.864. The summed E-state index contributed by atoms with van der Waals surface area (Å²) in [5.41, 5.74) is 2.66. The van der Waals surface area contributed by atoms with Gasteiger partial charge in [-0.2, -0.15) is 0 Å². The van der Waals surface area contributed by atoms with Crippen molar-refractivity contribution in [3.8, 4) is 0 Å². The van der Waals surface area contributed by atoms with Crippen LogP contribution in [0.15, 0.2) is 22.7 Å². The highest BCUT2D eigenvalue weighted by Gasteiger charge is 2.30. The maximum absolute atomic E-state index is 11.8. The van der Waals surface area contributed by atoms with Crippen molar-refractivity contribution >= 4 is 21.9 Å². The average molecular weight is 326 g/mol. The van der Waals surface area contributed by atoms with Crippen LogP contribution >= 0.6 is 15.9 Å². The van der Waals surface area contributed by atoms with E-state index < -0.39 is 0 Å². The predicted molar refractivity (Wildman–Crippen MR) is 79.0 cm³/mol. The zero-order valence-corrected chi connectivity index (χ0v) is 13.2. The third-order valence-electron chi connectivity index (χ3n) is 3.69. The number of hydrogen-bond acceptors (Lipinski definition) is 3. The summed E-state index contributed by atoms with van der Waals surface area (Å²) in [6.45, 7) is 4.07. The molecule has 1 unspecified atom stereocenters. The molecule has 2 atom stereocenters. The number of methoxy groups -OCH3 is 1. The maximum Gasteiger partial charge on any atom is 0.323 e. The molecule has 0 saturated carbocycles. The molecule has 0 heterocycles. The zero-order valence-electron chi connectivity index (χ0n) is 11.6. The van der Waals surface area contributed by atoms with E-state index in [-0.39, 0.29) is 24.0 Å². The average Bonchev–Trinajstić information content (AvgIpc) is 2.76. The van der Waals surface area contributed by atoms with E-state index in [9.17, 15) is 4.79 Å². The van der Waals surface area contributed by atoms with E-state index in [1.54, 1.807) is 0 Å². The Bertz CT molecular complexity index is 473. The third-order valence-corrected chi connectivity index (χ3v) is 4.18. The van der Waals surface area contributed by atoms with Crippen molar-refractivity contribution in [3.05, 3.63) is 33.8 Å². The fraction of sp³-hybridized carbons (Fsp3) is 0.533. The van der Waals surface area contributed by atoms with Crippen molar-refractivity contribution in [2.45, 2.75) is 38.8 Å². The highest BCUT2D eigenvalue weighted by atomic mass is 79.9. The van der Waals surface area contributed by atoms with E-state index in [1.807, 2.05) is 13.8 Å². The van der Waals surface area contributed by atoms with Gasteiger partial charge in [0.15, 0.2) is 0 Å². The van der Waals surface area contributed by atoms with E-state index >= 15 is 0 Å². The molecule has 19 heavy (non-hydrogen) atoms. The van der Waals surface area contributed by atoms with Crippen LogP contribution in [0.3, 0.4) is 0 Å². The number of fused-ring (bicyclic) bond motifs is 1. The summed E-state index contributed by atoms with van der Waals surface area (Å²) in [7, 11) is 1.44. The highest BCUT2D eigenvalue weighted by Crippen LogP contribution is 2.33. The van der Waals surface area contributed by atoms with Gasteiger partial charge in [0.1, 0.15) is 6.04 Å². The predicted octanol–water partition coefficient (Wildman–Crippen LogP) is 3.22. The van der Waals surface area contributed by atoms with Crippen molar-refractivity contribution in [2.75, 3.05) is 7.11 Å². The number of carbonyl (C=O) groups is 1. The molecule has 1 aliphatic rings. The molecule has 0 radical (unpaired) electrons. The summed E-state index contributed by atoms with van der Waals surface area (Å²) < 4.78 is 5.99. The monoisotopic (exact) mass is 325 g/mol. The summed E-state index contributed by atoms with van der Waals surface area (Å²) in [6, 6.07) is 6.36. The lowest BCUT2D eigenvalue weighted by atomic mass is 10.0. The molecular formula is C15H20BrNO2. The zero-order chi connectivity index (χ0) is 14.0. The first-order valence-corrected chi connectivity index (χ1v) is 7.44. The minimum absolute atomic E-state index is 0.180. The van der Waals surface area contributed by atoms with Crippen molar-refractivity contribution in [2.24, 2.45) is 5.92 Å². The van der Waals surface area contributed by atoms with E-state index in [0.29, 0.717) is 0 Å². The molecule has 0 bridgehead atoms. The van der Waals surface area contributed by atoms with Crippen molar-refractivity contribution in [3.63, 3.8) is 0 Å². The lowest BCUT2D eigenvalue weighted by Crippen LogP contribution is -2.43. The van der Waals surface area contributed by atoms with Gasteiger partial charge in [0, 0.05) is 10.5 Å². The van der Waals surface area contributed by atoms with Crippen LogP contribution in [0.4, 0.5) is 0 Å². The third kappa shape index (κ3) is 3.18. The SMILES string of the molecule is COC(=O)[C@@H](NC1CCc2cc(Br)ccc21)C(C)C. The van der Waals surface area contributed by atoms with Crippen molar-refractivity contribution in [1.29, 1.82) is 0 Å². The number of hydrogen-bond donors (Lipinski definition) is 1. The minimum atomic E-state index is -0.246. The van der Waals surface area contributed by atoms with Crippen LogP contribution in [-0.2, 0) is 16.0 Å². The summed E-state index contributed by atoms with van der Waals surface area (Å²) in [4.78, 5) is 11.8. The molecule has 1 aliphatic carbocycles. The summed E-state index contributed by atoms with van der Waals surface area (Å²) in [5, 5.41) is 3.45. The topological polar surface area (TPSA) is 38.3 Å². The number of halogens is 1. The van der Waals surface area contributed by atoms with Crippen LogP contribution in [0.25, 0.3) is 0 Å². The Balaban J connectivity index is 2.15. The summed E-state index contributed by atoms with van der Waals surface area (Å²) in [6.07, 6.45) is 2.09. The van der Waals surface area contributed by atoms with Gasteiger partial charge in [0.05, 0.1) is 7.11 Å². The molecule has 1 aromatic carbocycles. The number of nitrogens with one attached hydrogen (secondary N) is 1. The second-order valence-electron chi connectivity index (χ2n) is 5.35. The van der Waals surface area contributed by atoms with Crippen LogP contribution in [0.5, 0.6) is 0 Å². The number of benzene rings is 1. The first-order chi connectivity index (χ1) is 9.02. The van der Waals surface area contributed by atoms with Crippen molar-refractivity contribution in [1.82, 2.24) is 5.32 Å². The Hall–Kier alpha value is -0.870. The maximum atomic E-state index is 11.8. The molecule has 0 fully saturated rings. The Kier molecular flexibility index (Phi) is 4.63. The lowest BCUT2D eigenvalue weighted by Gasteiger charge is -2.24. The van der Waals surface area contributed by atoms with E-state index in [4.69, 9.17) is 4.74 Å². The fourth-order valence-electron chi connectivity index (χ4n) is 2.64. The normalized spacial score (nSPS) is 19.3.